The Bertz CT molecular complexity index is 503. The molecule has 3 N–H and O–H groups in total. The zero-order chi connectivity index (χ0) is 14.1. The topological polar surface area (TPSA) is 68.0 Å². The maximum Gasteiger partial charge on any atom is 0.254 e. The third-order valence-corrected chi connectivity index (χ3v) is 4.69. The quantitative estimate of drug-likeness (QED) is 0.862. The van der Waals surface area contributed by atoms with Crippen molar-refractivity contribution in [2.45, 2.75) is 44.2 Å². The van der Waals surface area contributed by atoms with E-state index in [9.17, 15) is 9.18 Å². The largest absolute Gasteiger partial charge is 0.349 e. The predicted octanol–water partition coefficient (Wildman–Crippen LogP) is 2.70. The smallest absolute Gasteiger partial charge is 0.254 e. The number of amides is 1. The molecule has 1 amide bonds. The van der Waals surface area contributed by atoms with Gasteiger partial charge in [0, 0.05) is 18.3 Å². The van der Waals surface area contributed by atoms with Gasteiger partial charge in [-0.05, 0) is 43.6 Å². The molecule has 0 radical (unpaired) electrons. The Labute approximate surface area is 142 Å². The minimum Gasteiger partial charge on any atom is -0.349 e. The molecule has 0 saturated heterocycles. The van der Waals surface area contributed by atoms with E-state index in [1.807, 2.05) is 0 Å². The highest BCUT2D eigenvalue weighted by atomic mass is 35.5. The standard InChI is InChI=1S/C15H20FN3O.2ClH/c16-13-8-18-5-4-12(13)15(20)19-14-9-2-1-3-10(14)7-11(17)6-9;;/h4-5,8-11,14H,1-3,6-7,17H2,(H,19,20);2*1H. The molecule has 1 aromatic heterocycles. The highest BCUT2D eigenvalue weighted by Gasteiger charge is 2.40. The van der Waals surface area contributed by atoms with Crippen molar-refractivity contribution in [2.75, 3.05) is 0 Å². The molecule has 2 atom stereocenters. The minimum atomic E-state index is -0.567. The monoisotopic (exact) mass is 349 g/mol. The first-order chi connectivity index (χ1) is 9.65. The zero-order valence-corrected chi connectivity index (χ0v) is 13.8. The van der Waals surface area contributed by atoms with Crippen molar-refractivity contribution in [1.82, 2.24) is 10.3 Å². The molecule has 1 heterocycles. The summed E-state index contributed by atoms with van der Waals surface area (Å²) in [7, 11) is 0. The van der Waals surface area contributed by atoms with Crippen molar-refractivity contribution in [2.24, 2.45) is 17.6 Å². The third-order valence-electron chi connectivity index (χ3n) is 4.69. The van der Waals surface area contributed by atoms with Gasteiger partial charge in [-0.3, -0.25) is 9.78 Å². The first-order valence-corrected chi connectivity index (χ1v) is 7.31. The number of aromatic nitrogens is 1. The highest BCUT2D eigenvalue weighted by molar-refractivity contribution is 5.94. The van der Waals surface area contributed by atoms with Crippen LogP contribution in [0.25, 0.3) is 0 Å². The Kier molecular flexibility index (Phi) is 7.03. The van der Waals surface area contributed by atoms with Gasteiger partial charge in [0.15, 0.2) is 5.82 Å². The van der Waals surface area contributed by atoms with Crippen LogP contribution in [0.2, 0.25) is 0 Å². The van der Waals surface area contributed by atoms with Crippen LogP contribution >= 0.6 is 24.8 Å². The summed E-state index contributed by atoms with van der Waals surface area (Å²) in [6.07, 6.45) is 7.85. The van der Waals surface area contributed by atoms with Crippen molar-refractivity contribution < 1.29 is 9.18 Å². The van der Waals surface area contributed by atoms with Crippen LogP contribution < -0.4 is 11.1 Å². The van der Waals surface area contributed by atoms with Gasteiger partial charge in [0.25, 0.3) is 5.91 Å². The van der Waals surface area contributed by atoms with Crippen LogP contribution in [0.3, 0.4) is 0 Å². The van der Waals surface area contributed by atoms with Crippen molar-refractivity contribution in [3.8, 4) is 0 Å². The molecule has 124 valence electrons. The molecular weight excluding hydrogens is 328 g/mol. The van der Waals surface area contributed by atoms with E-state index in [1.165, 1.54) is 18.7 Å². The number of hydrogen-bond acceptors (Lipinski definition) is 3. The molecular formula is C15H22Cl2FN3O. The number of rotatable bonds is 2. The maximum absolute atomic E-state index is 13.6. The van der Waals surface area contributed by atoms with Crippen LogP contribution in [0, 0.1) is 17.7 Å². The number of nitrogens with zero attached hydrogens (tertiary/aromatic N) is 1. The summed E-state index contributed by atoms with van der Waals surface area (Å²) in [4.78, 5) is 15.9. The lowest BCUT2D eigenvalue weighted by Crippen LogP contribution is -2.53. The van der Waals surface area contributed by atoms with E-state index in [-0.39, 0.29) is 48.4 Å². The Morgan fingerprint density at radius 3 is 2.50 bits per heavy atom. The summed E-state index contributed by atoms with van der Waals surface area (Å²) in [5, 5.41) is 3.04. The Morgan fingerprint density at radius 1 is 1.27 bits per heavy atom. The fourth-order valence-corrected chi connectivity index (χ4v) is 3.81. The van der Waals surface area contributed by atoms with Gasteiger partial charge in [-0.2, -0.15) is 0 Å². The van der Waals surface area contributed by atoms with Gasteiger partial charge in [-0.15, -0.1) is 24.8 Å². The summed E-state index contributed by atoms with van der Waals surface area (Å²) in [5.74, 6) is -0.0253. The Morgan fingerprint density at radius 2 is 1.91 bits per heavy atom. The van der Waals surface area contributed by atoms with Gasteiger partial charge in [-0.25, -0.2) is 4.39 Å². The second-order valence-electron chi connectivity index (χ2n) is 6.04. The molecule has 4 nitrogen and oxygen atoms in total. The number of nitrogens with two attached hydrogens (primary N) is 1. The summed E-state index contributed by atoms with van der Waals surface area (Å²) in [6, 6.07) is 1.81. The number of pyridine rings is 1. The first-order valence-electron chi connectivity index (χ1n) is 7.31. The van der Waals surface area contributed by atoms with Crippen LogP contribution in [0.4, 0.5) is 4.39 Å². The lowest BCUT2D eigenvalue weighted by atomic mass is 9.67. The van der Waals surface area contributed by atoms with Crippen LogP contribution in [0.1, 0.15) is 42.5 Å². The molecule has 2 unspecified atom stereocenters. The molecule has 7 heteroatoms. The summed E-state index contributed by atoms with van der Waals surface area (Å²) < 4.78 is 13.6. The van der Waals surface area contributed by atoms with Crippen LogP contribution in [0.15, 0.2) is 18.5 Å². The number of fused-ring (bicyclic) bond motifs is 2. The van der Waals surface area contributed by atoms with Crippen LogP contribution in [0.5, 0.6) is 0 Å². The Balaban J connectivity index is 0.00000121. The van der Waals surface area contributed by atoms with Gasteiger partial charge in [0.2, 0.25) is 0 Å². The fraction of sp³-hybridized carbons (Fsp3) is 0.600. The Hall–Kier alpha value is -0.910. The lowest BCUT2D eigenvalue weighted by molar-refractivity contribution is 0.0752. The molecule has 2 bridgehead atoms. The second kappa shape index (κ2) is 8.09. The molecule has 2 aliphatic carbocycles. The molecule has 2 fully saturated rings. The van der Waals surface area contributed by atoms with Gasteiger partial charge >= 0.3 is 0 Å². The van der Waals surface area contributed by atoms with E-state index in [0.717, 1.165) is 31.9 Å². The molecule has 2 aliphatic rings. The number of nitrogens with one attached hydrogen (secondary N) is 1. The minimum absolute atomic E-state index is 0. The fourth-order valence-electron chi connectivity index (χ4n) is 3.81. The van der Waals surface area contributed by atoms with Crippen molar-refractivity contribution in [3.05, 3.63) is 29.8 Å². The number of halogens is 3. The lowest BCUT2D eigenvalue weighted by Gasteiger charge is -2.45. The molecule has 2 saturated carbocycles. The summed E-state index contributed by atoms with van der Waals surface area (Å²) in [5.41, 5.74) is 6.15. The van der Waals surface area contributed by atoms with E-state index in [0.29, 0.717) is 11.8 Å². The second-order valence-corrected chi connectivity index (χ2v) is 6.04. The van der Waals surface area contributed by atoms with Crippen LogP contribution in [-0.2, 0) is 0 Å². The van der Waals surface area contributed by atoms with E-state index < -0.39 is 5.82 Å². The highest BCUT2D eigenvalue weighted by Crippen LogP contribution is 2.39. The molecule has 0 aromatic carbocycles. The SMILES string of the molecule is Cl.Cl.NC1CC2CCCC(C1)C2NC(=O)c1ccncc1F. The molecule has 1 aromatic rings. The third kappa shape index (κ3) is 3.89. The number of carbonyl (C=O) groups is 1. The van der Waals surface area contributed by atoms with E-state index in [2.05, 4.69) is 10.3 Å². The van der Waals surface area contributed by atoms with Crippen molar-refractivity contribution in [3.63, 3.8) is 0 Å². The van der Waals surface area contributed by atoms with E-state index >= 15 is 0 Å². The zero-order valence-electron chi connectivity index (χ0n) is 12.2. The average molecular weight is 350 g/mol. The molecule has 22 heavy (non-hydrogen) atoms. The summed E-state index contributed by atoms with van der Waals surface area (Å²) in [6.45, 7) is 0. The van der Waals surface area contributed by atoms with Crippen LogP contribution in [-0.4, -0.2) is 23.0 Å². The number of hydrogen-bond donors (Lipinski definition) is 2. The number of carbonyl (C=O) groups excluding carboxylic acids is 1. The average Bonchev–Trinajstić information content (AvgIpc) is 2.40. The van der Waals surface area contributed by atoms with Gasteiger partial charge in [-0.1, -0.05) is 6.42 Å². The predicted molar refractivity (Wildman–Crippen MR) is 88.0 cm³/mol. The molecule has 0 spiro atoms. The first kappa shape index (κ1) is 19.1. The maximum atomic E-state index is 13.6. The van der Waals surface area contributed by atoms with Crippen molar-refractivity contribution >= 4 is 30.7 Å². The molecule has 0 aliphatic heterocycles. The molecule has 3 rings (SSSR count). The van der Waals surface area contributed by atoms with E-state index in [4.69, 9.17) is 5.73 Å². The summed E-state index contributed by atoms with van der Waals surface area (Å²) >= 11 is 0. The van der Waals surface area contributed by atoms with Gasteiger partial charge in [0.05, 0.1) is 11.8 Å². The van der Waals surface area contributed by atoms with Gasteiger partial charge in [0.1, 0.15) is 0 Å². The van der Waals surface area contributed by atoms with E-state index in [1.54, 1.807) is 0 Å². The van der Waals surface area contributed by atoms with Crippen molar-refractivity contribution in [1.29, 1.82) is 0 Å². The van der Waals surface area contributed by atoms with Gasteiger partial charge < -0.3 is 11.1 Å². The normalized spacial score (nSPS) is 29.7.